The van der Waals surface area contributed by atoms with E-state index in [4.69, 9.17) is 9.47 Å². The van der Waals surface area contributed by atoms with Crippen molar-refractivity contribution in [3.8, 4) is 5.75 Å². The zero-order valence-corrected chi connectivity index (χ0v) is 14.9. The summed E-state index contributed by atoms with van der Waals surface area (Å²) in [6.45, 7) is 0.443. The highest BCUT2D eigenvalue weighted by Crippen LogP contribution is 2.32. The summed E-state index contributed by atoms with van der Waals surface area (Å²) < 4.78 is 11.1. The molecule has 3 rings (SSSR count). The molecule has 5 atom stereocenters. The first-order chi connectivity index (χ1) is 12.4. The Hall–Kier alpha value is -1.52. The van der Waals surface area contributed by atoms with E-state index in [0.717, 1.165) is 24.2 Å². The van der Waals surface area contributed by atoms with Crippen LogP contribution >= 0.6 is 0 Å². The number of rotatable bonds is 6. The van der Waals surface area contributed by atoms with E-state index in [1.54, 1.807) is 6.07 Å². The van der Waals surface area contributed by atoms with Gasteiger partial charge in [0.25, 0.3) is 0 Å². The second-order valence-corrected chi connectivity index (χ2v) is 6.98. The summed E-state index contributed by atoms with van der Waals surface area (Å²) in [5, 5.41) is 41.1. The van der Waals surface area contributed by atoms with Crippen LogP contribution in [0.3, 0.4) is 0 Å². The lowest BCUT2D eigenvalue weighted by molar-refractivity contribution is -0.491. The molecule has 1 saturated heterocycles. The Balaban J connectivity index is 1.73. The molecule has 0 amide bonds. The van der Waals surface area contributed by atoms with Crippen molar-refractivity contribution < 1.29 is 35.2 Å². The second-order valence-electron chi connectivity index (χ2n) is 6.98. The van der Waals surface area contributed by atoms with E-state index in [9.17, 15) is 20.4 Å². The number of nitrogens with zero attached hydrogens (tertiary/aromatic N) is 1. The fourth-order valence-electron chi connectivity index (χ4n) is 3.17. The van der Waals surface area contributed by atoms with E-state index in [-0.39, 0.29) is 0 Å². The lowest BCUT2D eigenvalue weighted by Gasteiger charge is -2.39. The van der Waals surface area contributed by atoms with Crippen LogP contribution in [0.4, 0.5) is 5.69 Å². The Morgan fingerprint density at radius 3 is 2.62 bits per heavy atom. The maximum absolute atomic E-state index is 10.1. The van der Waals surface area contributed by atoms with Crippen molar-refractivity contribution in [1.29, 1.82) is 0 Å². The van der Waals surface area contributed by atoms with Crippen molar-refractivity contribution in [2.45, 2.75) is 37.1 Å². The third-order valence-corrected chi connectivity index (χ3v) is 4.76. The first-order valence-electron chi connectivity index (χ1n) is 8.71. The molecular formula is C18H27N2O6+. The molecule has 2 aliphatic heterocycles. The number of hydrogen-bond donors (Lipinski definition) is 5. The van der Waals surface area contributed by atoms with Crippen molar-refractivity contribution in [2.24, 2.45) is 0 Å². The zero-order valence-electron chi connectivity index (χ0n) is 14.9. The summed E-state index contributed by atoms with van der Waals surface area (Å²) in [5.74, 6) is 0.485. The predicted octanol–water partition coefficient (Wildman–Crippen LogP) is -1.63. The van der Waals surface area contributed by atoms with Crippen LogP contribution in [0, 0.1) is 0 Å². The molecule has 0 unspecified atom stereocenters. The predicted molar refractivity (Wildman–Crippen MR) is 93.6 cm³/mol. The quantitative estimate of drug-likeness (QED) is 0.383. The van der Waals surface area contributed by atoms with Crippen LogP contribution in [-0.4, -0.2) is 83.3 Å². The van der Waals surface area contributed by atoms with Crippen LogP contribution in [0.5, 0.6) is 5.75 Å². The van der Waals surface area contributed by atoms with E-state index in [2.05, 4.69) is 16.4 Å². The molecular weight excluding hydrogens is 340 g/mol. The van der Waals surface area contributed by atoms with Gasteiger partial charge in [-0.25, -0.2) is 0 Å². The average Bonchev–Trinajstić information content (AvgIpc) is 3.02. The van der Waals surface area contributed by atoms with Gasteiger partial charge in [0, 0.05) is 23.7 Å². The summed E-state index contributed by atoms with van der Waals surface area (Å²) in [6.07, 6.45) is -3.45. The monoisotopic (exact) mass is 367 g/mol. The van der Waals surface area contributed by atoms with Crippen molar-refractivity contribution in [3.05, 3.63) is 30.0 Å². The van der Waals surface area contributed by atoms with Gasteiger partial charge in [-0.3, -0.25) is 5.32 Å². The molecule has 144 valence electrons. The molecule has 0 radical (unpaired) electrons. The van der Waals surface area contributed by atoms with E-state index >= 15 is 0 Å². The highest BCUT2D eigenvalue weighted by molar-refractivity contribution is 5.75. The van der Waals surface area contributed by atoms with E-state index in [1.807, 2.05) is 26.2 Å². The molecule has 2 heterocycles. The Labute approximate surface area is 152 Å². The van der Waals surface area contributed by atoms with Crippen molar-refractivity contribution in [2.75, 3.05) is 27.2 Å². The summed E-state index contributed by atoms with van der Waals surface area (Å²) in [4.78, 5) is 2.12. The van der Waals surface area contributed by atoms with Crippen molar-refractivity contribution >= 4 is 11.3 Å². The van der Waals surface area contributed by atoms with Crippen LogP contribution in [0.2, 0.25) is 0 Å². The summed E-state index contributed by atoms with van der Waals surface area (Å²) >= 11 is 0. The number of fused-ring (bicyclic) bond motifs is 1. The first kappa shape index (κ1) is 19.2. The minimum absolute atomic E-state index is 0.485. The lowest BCUT2D eigenvalue weighted by atomic mass is 9.99. The standard InChI is InChI=1S/C18H26N2O6/c1-20(2)6-5-10-8-19-13-4-3-11(7-12(10)13)25-18-17(24)16(23)15(22)14(9-21)26-18/h3-4,7-8,14-19,21-24H,5-6,9H2,1-2H3/p+1/t14-,15-,16+,17-,18-/m1/s1. The van der Waals surface area contributed by atoms with Crippen LogP contribution in [-0.2, 0) is 4.74 Å². The van der Waals surface area contributed by atoms with Crippen LogP contribution < -0.4 is 10.1 Å². The Morgan fingerprint density at radius 1 is 1.15 bits per heavy atom. The number of aliphatic hydroxyl groups is 4. The Morgan fingerprint density at radius 2 is 1.92 bits per heavy atom. The van der Waals surface area contributed by atoms with Crippen molar-refractivity contribution in [1.82, 2.24) is 4.90 Å². The smallest absolute Gasteiger partial charge is 0.229 e. The number of quaternary nitrogens is 1. The van der Waals surface area contributed by atoms with E-state index < -0.39 is 37.3 Å². The Bertz CT molecular complexity index is 663. The highest BCUT2D eigenvalue weighted by atomic mass is 16.7. The van der Waals surface area contributed by atoms with E-state index in [0.29, 0.717) is 5.75 Å². The summed E-state index contributed by atoms with van der Waals surface area (Å²) in [5.41, 5.74) is 3.36. The SMILES string of the molecule is CN(C)CCC1=C[NH2+]c2ccc(O[C@@H]3O[C@H](CO)[C@@H](O)[C@H](O)[C@H]3O)cc21. The van der Waals surface area contributed by atoms with Gasteiger partial charge in [-0.05, 0) is 32.6 Å². The third-order valence-electron chi connectivity index (χ3n) is 4.76. The molecule has 26 heavy (non-hydrogen) atoms. The summed E-state index contributed by atoms with van der Waals surface area (Å²) in [6, 6.07) is 5.56. The fraction of sp³-hybridized carbons (Fsp3) is 0.556. The molecule has 1 aromatic carbocycles. The van der Waals surface area contributed by atoms with Gasteiger partial charge in [0.05, 0.1) is 6.61 Å². The van der Waals surface area contributed by atoms with Gasteiger partial charge < -0.3 is 34.8 Å². The molecule has 2 aliphatic rings. The minimum Gasteiger partial charge on any atom is -0.462 e. The van der Waals surface area contributed by atoms with Gasteiger partial charge in [-0.2, -0.15) is 0 Å². The molecule has 1 fully saturated rings. The van der Waals surface area contributed by atoms with Crippen LogP contribution in [0.1, 0.15) is 12.0 Å². The molecule has 8 heteroatoms. The molecule has 6 N–H and O–H groups in total. The normalized spacial score (nSPS) is 31.0. The number of ether oxygens (including phenoxy) is 2. The molecule has 0 saturated carbocycles. The van der Waals surface area contributed by atoms with Gasteiger partial charge in [-0.1, -0.05) is 0 Å². The second kappa shape index (κ2) is 8.01. The highest BCUT2D eigenvalue weighted by Gasteiger charge is 2.44. The molecule has 0 aromatic heterocycles. The van der Waals surface area contributed by atoms with Gasteiger partial charge in [0.1, 0.15) is 42.1 Å². The van der Waals surface area contributed by atoms with Crippen LogP contribution in [0.15, 0.2) is 24.4 Å². The number of nitrogens with two attached hydrogens (primary N) is 1. The summed E-state index contributed by atoms with van der Waals surface area (Å²) in [7, 11) is 4.05. The van der Waals surface area contributed by atoms with Gasteiger partial charge >= 0.3 is 0 Å². The van der Waals surface area contributed by atoms with Gasteiger partial charge in [0.15, 0.2) is 0 Å². The van der Waals surface area contributed by atoms with Gasteiger partial charge in [-0.15, -0.1) is 0 Å². The third kappa shape index (κ3) is 3.91. The average molecular weight is 367 g/mol. The lowest BCUT2D eigenvalue weighted by Crippen LogP contribution is -2.69. The van der Waals surface area contributed by atoms with Crippen molar-refractivity contribution in [3.63, 3.8) is 0 Å². The molecule has 0 spiro atoms. The topological polar surface area (TPSA) is 119 Å². The molecule has 0 aliphatic carbocycles. The minimum atomic E-state index is -1.45. The van der Waals surface area contributed by atoms with Crippen LogP contribution in [0.25, 0.3) is 5.57 Å². The molecule has 0 bridgehead atoms. The number of hydrogen-bond acceptors (Lipinski definition) is 7. The first-order valence-corrected chi connectivity index (χ1v) is 8.71. The largest absolute Gasteiger partial charge is 0.462 e. The Kier molecular flexibility index (Phi) is 5.93. The number of benzene rings is 1. The van der Waals surface area contributed by atoms with Gasteiger partial charge in [0.2, 0.25) is 6.29 Å². The number of aliphatic hydroxyl groups excluding tert-OH is 4. The maximum atomic E-state index is 10.1. The molecule has 1 aromatic rings. The fourth-order valence-corrected chi connectivity index (χ4v) is 3.17. The van der Waals surface area contributed by atoms with E-state index in [1.165, 1.54) is 5.57 Å². The maximum Gasteiger partial charge on any atom is 0.229 e. The zero-order chi connectivity index (χ0) is 18.8. The molecule has 8 nitrogen and oxygen atoms in total.